The number of carbonyl (C=O) groups is 2. The van der Waals surface area contributed by atoms with Gasteiger partial charge in [-0.1, -0.05) is 12.1 Å². The molecular formula is C18H16O8. The predicted octanol–water partition coefficient (Wildman–Crippen LogP) is 1.79. The zero-order chi connectivity index (χ0) is 19.2. The third kappa shape index (κ3) is 2.65. The van der Waals surface area contributed by atoms with Gasteiger partial charge in [0.2, 0.25) is 0 Å². The van der Waals surface area contributed by atoms with Crippen LogP contribution in [0.25, 0.3) is 0 Å². The van der Waals surface area contributed by atoms with Crippen LogP contribution in [0.3, 0.4) is 0 Å². The molecule has 8 heteroatoms. The number of phenolic OH excluding ortho intramolecular Hbond substituents is 4. The van der Waals surface area contributed by atoms with Crippen molar-refractivity contribution in [2.75, 3.05) is 0 Å². The summed E-state index contributed by atoms with van der Waals surface area (Å²) in [6.07, 6.45) is 0. The summed E-state index contributed by atoms with van der Waals surface area (Å²) in [7, 11) is 0. The van der Waals surface area contributed by atoms with Crippen LogP contribution in [-0.2, 0) is 9.59 Å². The van der Waals surface area contributed by atoms with Crippen LogP contribution in [0.1, 0.15) is 23.0 Å². The van der Waals surface area contributed by atoms with Gasteiger partial charge in [0.1, 0.15) is 0 Å². The lowest BCUT2D eigenvalue weighted by molar-refractivity contribution is -0.164. The lowest BCUT2D eigenvalue weighted by Crippen LogP contribution is -2.51. The maximum atomic E-state index is 11.7. The van der Waals surface area contributed by atoms with E-state index in [0.717, 1.165) is 0 Å². The Balaban J connectivity index is 2.12. The highest BCUT2D eigenvalue weighted by molar-refractivity contribution is 5.85. The molecule has 0 bridgehead atoms. The van der Waals surface area contributed by atoms with Gasteiger partial charge in [0.25, 0.3) is 0 Å². The van der Waals surface area contributed by atoms with Gasteiger partial charge >= 0.3 is 11.9 Å². The summed E-state index contributed by atoms with van der Waals surface area (Å²) in [6, 6.07) is 7.62. The Morgan fingerprint density at radius 2 is 0.962 bits per heavy atom. The molecule has 0 saturated heterocycles. The van der Waals surface area contributed by atoms with Crippen molar-refractivity contribution in [2.45, 2.75) is 11.8 Å². The van der Waals surface area contributed by atoms with Crippen molar-refractivity contribution in [1.29, 1.82) is 0 Å². The zero-order valence-corrected chi connectivity index (χ0v) is 13.3. The first-order chi connectivity index (χ1) is 12.2. The van der Waals surface area contributed by atoms with Crippen molar-refractivity contribution in [3.63, 3.8) is 0 Å². The minimum atomic E-state index is -1.30. The van der Waals surface area contributed by atoms with Crippen molar-refractivity contribution in [2.24, 2.45) is 11.8 Å². The lowest BCUT2D eigenvalue weighted by atomic mass is 9.52. The second kappa shape index (κ2) is 6.14. The Labute approximate surface area is 147 Å². The molecule has 4 atom stereocenters. The van der Waals surface area contributed by atoms with Crippen LogP contribution in [0.4, 0.5) is 0 Å². The molecule has 8 nitrogen and oxygen atoms in total. The van der Waals surface area contributed by atoms with Crippen molar-refractivity contribution < 1.29 is 40.2 Å². The van der Waals surface area contributed by atoms with Gasteiger partial charge in [0.15, 0.2) is 23.0 Å². The van der Waals surface area contributed by atoms with Gasteiger partial charge in [-0.15, -0.1) is 0 Å². The van der Waals surface area contributed by atoms with Gasteiger partial charge in [-0.3, -0.25) is 9.59 Å². The molecule has 0 aromatic heterocycles. The number of aliphatic carboxylic acids is 2. The smallest absolute Gasteiger partial charge is 0.308 e. The maximum Gasteiger partial charge on any atom is 0.308 e. The Bertz CT molecular complexity index is 817. The van der Waals surface area contributed by atoms with E-state index in [9.17, 15) is 40.2 Å². The molecule has 1 saturated carbocycles. The van der Waals surface area contributed by atoms with Crippen molar-refractivity contribution in [1.82, 2.24) is 0 Å². The predicted molar refractivity (Wildman–Crippen MR) is 87.3 cm³/mol. The van der Waals surface area contributed by atoms with E-state index in [2.05, 4.69) is 0 Å². The highest BCUT2D eigenvalue weighted by Crippen LogP contribution is 2.59. The van der Waals surface area contributed by atoms with Gasteiger partial charge in [0.05, 0.1) is 11.8 Å². The number of carboxylic acids is 2. The summed E-state index contributed by atoms with van der Waals surface area (Å²) in [5, 5.41) is 57.4. The molecule has 0 unspecified atom stereocenters. The first-order valence-corrected chi connectivity index (χ1v) is 7.71. The van der Waals surface area contributed by atoms with E-state index >= 15 is 0 Å². The van der Waals surface area contributed by atoms with E-state index in [1.165, 1.54) is 36.4 Å². The minimum absolute atomic E-state index is 0.350. The third-order valence-corrected chi connectivity index (χ3v) is 4.89. The fourth-order valence-corrected chi connectivity index (χ4v) is 3.69. The summed E-state index contributed by atoms with van der Waals surface area (Å²) >= 11 is 0. The molecule has 2 aromatic carbocycles. The number of hydrogen-bond acceptors (Lipinski definition) is 6. The molecule has 0 spiro atoms. The minimum Gasteiger partial charge on any atom is -0.504 e. The topological polar surface area (TPSA) is 156 Å². The number of carboxylic acid groups (broad SMARTS) is 2. The summed E-state index contributed by atoms with van der Waals surface area (Å²) < 4.78 is 0. The molecule has 1 fully saturated rings. The Morgan fingerprint density at radius 3 is 1.23 bits per heavy atom. The molecule has 136 valence electrons. The van der Waals surface area contributed by atoms with E-state index < -0.39 is 47.1 Å². The van der Waals surface area contributed by atoms with Gasteiger partial charge < -0.3 is 30.6 Å². The second-order valence-corrected chi connectivity index (χ2v) is 6.28. The van der Waals surface area contributed by atoms with Crippen LogP contribution in [0.5, 0.6) is 23.0 Å². The van der Waals surface area contributed by atoms with E-state index in [0.29, 0.717) is 11.1 Å². The van der Waals surface area contributed by atoms with Gasteiger partial charge in [-0.05, 0) is 35.4 Å². The average Bonchev–Trinajstić information content (AvgIpc) is 2.52. The fourth-order valence-electron chi connectivity index (χ4n) is 3.69. The third-order valence-electron chi connectivity index (χ3n) is 4.89. The van der Waals surface area contributed by atoms with Gasteiger partial charge in [0, 0.05) is 11.8 Å². The van der Waals surface area contributed by atoms with Crippen molar-refractivity contribution >= 4 is 11.9 Å². The average molecular weight is 360 g/mol. The number of benzene rings is 2. The molecule has 0 heterocycles. The number of hydrogen-bond donors (Lipinski definition) is 6. The van der Waals surface area contributed by atoms with E-state index in [1.807, 2.05) is 0 Å². The standard InChI is InChI=1S/C18H16O8/c19-9-3-1-7(5-11(9)21)13-14(8-2-4-10(20)12(22)6-8)16(18(25)26)15(13)17(23)24/h1-6,13-16,19-22H,(H,23,24)(H,25,26)/t13-,14-,15-,16-/m1/s1. The molecule has 1 aliphatic carbocycles. The van der Waals surface area contributed by atoms with Gasteiger partial charge in [-0.2, -0.15) is 0 Å². The summed E-state index contributed by atoms with van der Waals surface area (Å²) in [4.78, 5) is 23.3. The van der Waals surface area contributed by atoms with E-state index in [4.69, 9.17) is 0 Å². The Hall–Kier alpha value is -3.42. The maximum absolute atomic E-state index is 11.7. The van der Waals surface area contributed by atoms with Crippen molar-refractivity contribution in [3.8, 4) is 23.0 Å². The van der Waals surface area contributed by atoms with E-state index in [-0.39, 0.29) is 11.5 Å². The van der Waals surface area contributed by atoms with E-state index in [1.54, 1.807) is 0 Å². The monoisotopic (exact) mass is 360 g/mol. The molecule has 2 aromatic rings. The summed E-state index contributed by atoms with van der Waals surface area (Å²) in [6.45, 7) is 0. The Morgan fingerprint density at radius 1 is 0.615 bits per heavy atom. The highest BCUT2D eigenvalue weighted by Gasteiger charge is 2.58. The number of phenols is 4. The van der Waals surface area contributed by atoms with Crippen LogP contribution in [0.15, 0.2) is 36.4 Å². The highest BCUT2D eigenvalue weighted by atomic mass is 16.4. The second-order valence-electron chi connectivity index (χ2n) is 6.28. The molecular weight excluding hydrogens is 344 g/mol. The van der Waals surface area contributed by atoms with Crippen LogP contribution in [0.2, 0.25) is 0 Å². The van der Waals surface area contributed by atoms with Crippen LogP contribution >= 0.6 is 0 Å². The Kier molecular flexibility index (Phi) is 4.11. The summed E-state index contributed by atoms with van der Waals surface area (Å²) in [5.74, 6) is -8.36. The molecule has 0 aliphatic heterocycles. The lowest BCUT2D eigenvalue weighted by Gasteiger charge is -2.48. The normalized spacial score (nSPS) is 24.6. The first kappa shape index (κ1) is 17.4. The van der Waals surface area contributed by atoms with Crippen LogP contribution in [-0.4, -0.2) is 42.6 Å². The van der Waals surface area contributed by atoms with Crippen LogP contribution < -0.4 is 0 Å². The fraction of sp³-hybridized carbons (Fsp3) is 0.222. The number of aromatic hydroxyl groups is 4. The number of rotatable bonds is 4. The van der Waals surface area contributed by atoms with Crippen molar-refractivity contribution in [3.05, 3.63) is 47.5 Å². The first-order valence-electron chi connectivity index (χ1n) is 7.71. The quantitative estimate of drug-likeness (QED) is 0.451. The zero-order valence-electron chi connectivity index (χ0n) is 13.3. The molecule has 0 amide bonds. The SMILES string of the molecule is O=C(O)[C@H]1[C@H](C(=O)O)[C@H](c2ccc(O)c(O)c2)[C@H]1c1ccc(O)c(O)c1. The molecule has 26 heavy (non-hydrogen) atoms. The largest absolute Gasteiger partial charge is 0.504 e. The molecule has 3 rings (SSSR count). The molecule has 0 radical (unpaired) electrons. The summed E-state index contributed by atoms with van der Waals surface area (Å²) in [5.41, 5.74) is 0.700. The van der Waals surface area contributed by atoms with Gasteiger partial charge in [-0.25, -0.2) is 0 Å². The molecule has 1 aliphatic rings. The molecule has 6 N–H and O–H groups in total. The van der Waals surface area contributed by atoms with Crippen LogP contribution in [0, 0.1) is 11.8 Å².